The summed E-state index contributed by atoms with van der Waals surface area (Å²) in [5.74, 6) is -0.230. The first-order valence-electron chi connectivity index (χ1n) is 10.0. The van der Waals surface area contributed by atoms with Crippen molar-refractivity contribution in [2.24, 2.45) is 0 Å². The van der Waals surface area contributed by atoms with E-state index >= 15 is 0 Å². The highest BCUT2D eigenvalue weighted by molar-refractivity contribution is 7.12. The number of nitrogens with one attached hydrogen (secondary N) is 1. The topological polar surface area (TPSA) is 105 Å². The number of ketones is 1. The van der Waals surface area contributed by atoms with Crippen LogP contribution in [0.15, 0.2) is 71.3 Å². The van der Waals surface area contributed by atoms with Gasteiger partial charge in [0.25, 0.3) is 5.91 Å². The number of anilines is 1. The van der Waals surface area contributed by atoms with E-state index in [4.69, 9.17) is 9.47 Å². The molecule has 0 saturated heterocycles. The Morgan fingerprint density at radius 3 is 2.48 bits per heavy atom. The number of aromatic nitrogens is 2. The van der Waals surface area contributed by atoms with Gasteiger partial charge in [-0.3, -0.25) is 14.5 Å². The van der Waals surface area contributed by atoms with E-state index in [-0.39, 0.29) is 11.5 Å². The number of aromatic amines is 1. The number of thiophene rings is 1. The zero-order valence-electron chi connectivity index (χ0n) is 17.7. The smallest absolute Gasteiger partial charge is 0.296 e. The molecule has 0 spiro atoms. The molecule has 1 unspecified atom stereocenters. The van der Waals surface area contributed by atoms with Gasteiger partial charge in [0, 0.05) is 6.07 Å². The molecular formula is C24H19N3O5S. The van der Waals surface area contributed by atoms with Crippen molar-refractivity contribution in [3.05, 3.63) is 81.8 Å². The Labute approximate surface area is 192 Å². The summed E-state index contributed by atoms with van der Waals surface area (Å²) in [7, 11) is 3.12. The lowest BCUT2D eigenvalue weighted by Gasteiger charge is -2.24. The van der Waals surface area contributed by atoms with Gasteiger partial charge in [0.2, 0.25) is 11.7 Å². The molecular weight excluding hydrogens is 442 g/mol. The molecule has 4 aromatic rings. The summed E-state index contributed by atoms with van der Waals surface area (Å²) in [4.78, 5) is 36.0. The predicted octanol–water partition coefficient (Wildman–Crippen LogP) is 4.42. The number of amides is 1. The molecule has 1 aliphatic heterocycles. The fourth-order valence-corrected chi connectivity index (χ4v) is 4.59. The molecule has 166 valence electrons. The largest absolute Gasteiger partial charge is 0.503 e. The first-order valence-corrected chi connectivity index (χ1v) is 10.9. The Hall–Kier alpha value is -4.11. The molecule has 0 radical (unpaired) electrons. The maximum absolute atomic E-state index is 13.3. The first kappa shape index (κ1) is 20.8. The molecule has 9 heteroatoms. The zero-order valence-corrected chi connectivity index (χ0v) is 18.6. The number of hydrogen-bond donors (Lipinski definition) is 2. The molecule has 0 aliphatic carbocycles. The lowest BCUT2D eigenvalue weighted by molar-refractivity contribution is -0.117. The van der Waals surface area contributed by atoms with E-state index in [9.17, 15) is 14.7 Å². The van der Waals surface area contributed by atoms with Crippen molar-refractivity contribution in [3.8, 4) is 11.5 Å². The lowest BCUT2D eigenvalue weighted by atomic mass is 9.95. The van der Waals surface area contributed by atoms with Gasteiger partial charge in [0.15, 0.2) is 5.76 Å². The minimum Gasteiger partial charge on any atom is -0.503 e. The summed E-state index contributed by atoms with van der Waals surface area (Å²) in [6.45, 7) is 0. The van der Waals surface area contributed by atoms with Crippen molar-refractivity contribution in [1.29, 1.82) is 0 Å². The van der Waals surface area contributed by atoms with Gasteiger partial charge in [-0.2, -0.15) is 0 Å². The summed E-state index contributed by atoms with van der Waals surface area (Å²) in [5, 5.41) is 12.6. The van der Waals surface area contributed by atoms with Crippen LogP contribution in [0.5, 0.6) is 11.5 Å². The third kappa shape index (κ3) is 3.42. The second-order valence-corrected chi connectivity index (χ2v) is 8.31. The van der Waals surface area contributed by atoms with Gasteiger partial charge in [-0.15, -0.1) is 11.3 Å². The standard InChI is InChI=1S/C24H19N3O5S/c1-31-14-7-5-13(6-8-14)20-19(21(28)18-4-3-11-33-18)22(29)23(30)27(20)24-25-16-10-9-15(32-2)12-17(16)26-24/h3-12,20,29H,1-2H3,(H,25,26). The number of ether oxygens (including phenoxy) is 2. The minimum absolute atomic E-state index is 0.00523. The minimum atomic E-state index is -0.875. The SMILES string of the molecule is COc1ccc(C2C(C(=O)c3cccs3)=C(O)C(=O)N2c2nc3ccc(OC)cc3[nH]2)cc1. The molecule has 2 N–H and O–H groups in total. The number of nitrogens with zero attached hydrogens (tertiary/aromatic N) is 2. The Morgan fingerprint density at radius 1 is 1.09 bits per heavy atom. The molecule has 2 aromatic heterocycles. The number of methoxy groups -OCH3 is 2. The molecule has 8 nitrogen and oxygen atoms in total. The number of carbonyl (C=O) groups is 2. The Morgan fingerprint density at radius 2 is 1.82 bits per heavy atom. The van der Waals surface area contributed by atoms with Crippen molar-refractivity contribution < 1.29 is 24.2 Å². The van der Waals surface area contributed by atoms with Gasteiger partial charge >= 0.3 is 0 Å². The van der Waals surface area contributed by atoms with E-state index in [1.54, 1.807) is 74.2 Å². The van der Waals surface area contributed by atoms with Crippen LogP contribution in [0.25, 0.3) is 11.0 Å². The average molecular weight is 461 g/mol. The van der Waals surface area contributed by atoms with Crippen LogP contribution in [0.4, 0.5) is 5.95 Å². The number of fused-ring (bicyclic) bond motifs is 1. The number of Topliss-reactive ketones (excluding diaryl/α,β-unsaturated/α-hetero) is 1. The number of aliphatic hydroxyl groups excluding tert-OH is 1. The number of imidazole rings is 1. The molecule has 0 saturated carbocycles. The normalized spacial score (nSPS) is 16.0. The molecule has 1 atom stereocenters. The number of carbonyl (C=O) groups excluding carboxylic acids is 2. The van der Waals surface area contributed by atoms with Gasteiger partial charge in [-0.25, -0.2) is 4.98 Å². The van der Waals surface area contributed by atoms with Crippen LogP contribution in [-0.4, -0.2) is 41.0 Å². The molecule has 33 heavy (non-hydrogen) atoms. The van der Waals surface area contributed by atoms with Crippen LogP contribution in [0.3, 0.4) is 0 Å². The van der Waals surface area contributed by atoms with Crippen LogP contribution in [-0.2, 0) is 4.79 Å². The zero-order chi connectivity index (χ0) is 23.1. The van der Waals surface area contributed by atoms with Crippen LogP contribution >= 0.6 is 11.3 Å². The van der Waals surface area contributed by atoms with E-state index in [0.717, 1.165) is 0 Å². The predicted molar refractivity (Wildman–Crippen MR) is 124 cm³/mol. The highest BCUT2D eigenvalue weighted by Gasteiger charge is 2.46. The lowest BCUT2D eigenvalue weighted by Crippen LogP contribution is -2.31. The summed E-state index contributed by atoms with van der Waals surface area (Å²) in [6, 6.07) is 14.8. The van der Waals surface area contributed by atoms with Crippen molar-refractivity contribution in [2.45, 2.75) is 6.04 Å². The highest BCUT2D eigenvalue weighted by Crippen LogP contribution is 2.42. The summed E-state index contributed by atoms with van der Waals surface area (Å²) < 4.78 is 10.5. The average Bonchev–Trinajstić information content (AvgIpc) is 3.57. The van der Waals surface area contributed by atoms with Gasteiger partial charge in [-0.05, 0) is 41.3 Å². The molecule has 3 heterocycles. The fourth-order valence-electron chi connectivity index (χ4n) is 3.91. The first-order chi connectivity index (χ1) is 16.0. The van der Waals surface area contributed by atoms with Gasteiger partial charge in [0.05, 0.1) is 41.7 Å². The Kier molecular flexibility index (Phi) is 5.10. The number of aliphatic hydroxyl groups is 1. The van der Waals surface area contributed by atoms with Gasteiger partial charge in [0.1, 0.15) is 11.5 Å². The van der Waals surface area contributed by atoms with E-state index in [1.165, 1.54) is 16.2 Å². The molecule has 1 aliphatic rings. The molecule has 0 fully saturated rings. The van der Waals surface area contributed by atoms with Gasteiger partial charge < -0.3 is 19.6 Å². The molecule has 1 amide bonds. The second-order valence-electron chi connectivity index (χ2n) is 7.36. The summed E-state index contributed by atoms with van der Waals surface area (Å²) >= 11 is 1.25. The third-order valence-corrected chi connectivity index (χ3v) is 6.40. The van der Waals surface area contributed by atoms with E-state index in [2.05, 4.69) is 9.97 Å². The van der Waals surface area contributed by atoms with Crippen molar-refractivity contribution in [1.82, 2.24) is 9.97 Å². The summed E-state index contributed by atoms with van der Waals surface area (Å²) in [6.07, 6.45) is 0. The molecule has 5 rings (SSSR count). The number of H-pyrrole nitrogens is 1. The number of benzene rings is 2. The highest BCUT2D eigenvalue weighted by atomic mass is 32.1. The van der Waals surface area contributed by atoms with Crippen LogP contribution in [0, 0.1) is 0 Å². The number of rotatable bonds is 6. The Balaban J connectivity index is 1.66. The fraction of sp³-hybridized carbons (Fsp3) is 0.125. The molecule has 2 aromatic carbocycles. The maximum atomic E-state index is 13.3. The quantitative estimate of drug-likeness (QED) is 0.412. The van der Waals surface area contributed by atoms with Gasteiger partial charge in [-0.1, -0.05) is 18.2 Å². The van der Waals surface area contributed by atoms with Crippen LogP contribution in [0.1, 0.15) is 21.3 Å². The van der Waals surface area contributed by atoms with E-state index in [1.807, 2.05) is 0 Å². The van der Waals surface area contributed by atoms with E-state index < -0.39 is 23.5 Å². The van der Waals surface area contributed by atoms with Crippen LogP contribution < -0.4 is 14.4 Å². The van der Waals surface area contributed by atoms with Crippen LogP contribution in [0.2, 0.25) is 0 Å². The maximum Gasteiger partial charge on any atom is 0.296 e. The Bertz CT molecular complexity index is 1390. The third-order valence-electron chi connectivity index (χ3n) is 5.53. The van der Waals surface area contributed by atoms with Crippen molar-refractivity contribution in [2.75, 3.05) is 19.1 Å². The number of hydrogen-bond acceptors (Lipinski definition) is 7. The van der Waals surface area contributed by atoms with Crippen molar-refractivity contribution >= 4 is 40.0 Å². The van der Waals surface area contributed by atoms with Crippen molar-refractivity contribution in [3.63, 3.8) is 0 Å². The second kappa shape index (κ2) is 8.10. The molecule has 0 bridgehead atoms. The van der Waals surface area contributed by atoms with E-state index in [0.29, 0.717) is 33.0 Å². The summed E-state index contributed by atoms with van der Waals surface area (Å²) in [5.41, 5.74) is 1.91. The monoisotopic (exact) mass is 461 g/mol.